The number of amides is 3. The van der Waals surface area contributed by atoms with E-state index in [0.717, 1.165) is 43.7 Å². The second kappa shape index (κ2) is 6.67. The van der Waals surface area contributed by atoms with Crippen LogP contribution in [0.4, 0.5) is 5.69 Å². The number of imide groups is 1. The van der Waals surface area contributed by atoms with Gasteiger partial charge in [-0.3, -0.25) is 14.4 Å². The maximum atomic E-state index is 12.7. The SMILES string of the molecule is O=C(c1ccc(N2C(=O)c3cncnc3C2=O)cc1)N1CCCCCC1. The van der Waals surface area contributed by atoms with E-state index in [1.54, 1.807) is 24.3 Å². The molecule has 1 fully saturated rings. The van der Waals surface area contributed by atoms with Gasteiger partial charge >= 0.3 is 0 Å². The second-order valence-corrected chi connectivity index (χ2v) is 6.48. The number of anilines is 1. The fourth-order valence-corrected chi connectivity index (χ4v) is 3.42. The molecule has 1 aromatic carbocycles. The highest BCUT2D eigenvalue weighted by atomic mass is 16.2. The number of aromatic nitrogens is 2. The van der Waals surface area contributed by atoms with Crippen LogP contribution in [-0.2, 0) is 0 Å². The molecule has 3 amide bonds. The molecule has 4 rings (SSSR count). The van der Waals surface area contributed by atoms with Crippen molar-refractivity contribution in [3.8, 4) is 0 Å². The van der Waals surface area contributed by atoms with Crippen molar-refractivity contribution < 1.29 is 14.4 Å². The topological polar surface area (TPSA) is 83.5 Å². The normalized spacial score (nSPS) is 17.2. The molecular formula is C19H18N4O3. The molecule has 0 spiro atoms. The molecule has 0 bridgehead atoms. The third kappa shape index (κ3) is 2.75. The lowest BCUT2D eigenvalue weighted by atomic mass is 10.1. The van der Waals surface area contributed by atoms with Crippen LogP contribution in [0.25, 0.3) is 0 Å². The Balaban J connectivity index is 1.56. The average Bonchev–Trinajstić information content (AvgIpc) is 2.87. The Morgan fingerprint density at radius 2 is 1.62 bits per heavy atom. The van der Waals surface area contributed by atoms with Crippen molar-refractivity contribution in [2.75, 3.05) is 18.0 Å². The summed E-state index contributed by atoms with van der Waals surface area (Å²) in [5, 5.41) is 0. The van der Waals surface area contributed by atoms with Crippen LogP contribution in [-0.4, -0.2) is 45.7 Å². The summed E-state index contributed by atoms with van der Waals surface area (Å²) in [6.45, 7) is 1.55. The molecule has 132 valence electrons. The Labute approximate surface area is 150 Å². The van der Waals surface area contributed by atoms with Crippen LogP contribution in [0, 0.1) is 0 Å². The summed E-state index contributed by atoms with van der Waals surface area (Å²) in [5.41, 5.74) is 1.29. The number of likely N-dealkylation sites (tertiary alicyclic amines) is 1. The smallest absolute Gasteiger partial charge is 0.284 e. The zero-order chi connectivity index (χ0) is 18.1. The first-order valence-corrected chi connectivity index (χ1v) is 8.75. The lowest BCUT2D eigenvalue weighted by Gasteiger charge is -2.21. The van der Waals surface area contributed by atoms with E-state index in [-0.39, 0.29) is 17.2 Å². The monoisotopic (exact) mass is 350 g/mol. The van der Waals surface area contributed by atoms with E-state index in [1.165, 1.54) is 12.5 Å². The quantitative estimate of drug-likeness (QED) is 0.776. The maximum Gasteiger partial charge on any atom is 0.284 e. The van der Waals surface area contributed by atoms with Crippen molar-refractivity contribution in [2.24, 2.45) is 0 Å². The minimum Gasteiger partial charge on any atom is -0.339 e. The van der Waals surface area contributed by atoms with Gasteiger partial charge in [-0.1, -0.05) is 12.8 Å². The molecule has 7 nitrogen and oxygen atoms in total. The van der Waals surface area contributed by atoms with E-state index in [0.29, 0.717) is 11.3 Å². The van der Waals surface area contributed by atoms with Crippen molar-refractivity contribution in [1.29, 1.82) is 0 Å². The summed E-state index contributed by atoms with van der Waals surface area (Å²) in [7, 11) is 0. The van der Waals surface area contributed by atoms with Crippen LogP contribution in [0.3, 0.4) is 0 Å². The molecule has 0 radical (unpaired) electrons. The van der Waals surface area contributed by atoms with Crippen molar-refractivity contribution in [3.05, 3.63) is 53.6 Å². The summed E-state index contributed by atoms with van der Waals surface area (Å²) in [5.74, 6) is -0.928. The minimum absolute atomic E-state index is 0.00771. The predicted molar refractivity (Wildman–Crippen MR) is 94.0 cm³/mol. The molecule has 26 heavy (non-hydrogen) atoms. The van der Waals surface area contributed by atoms with Gasteiger partial charge in [-0.2, -0.15) is 0 Å². The Hall–Kier alpha value is -3.09. The number of hydrogen-bond acceptors (Lipinski definition) is 5. The third-order valence-electron chi connectivity index (χ3n) is 4.82. The van der Waals surface area contributed by atoms with Gasteiger partial charge in [0.1, 0.15) is 12.0 Å². The molecule has 0 N–H and O–H groups in total. The molecule has 2 aromatic rings. The minimum atomic E-state index is -0.473. The zero-order valence-electron chi connectivity index (χ0n) is 14.2. The molecule has 0 atom stereocenters. The van der Waals surface area contributed by atoms with E-state index in [4.69, 9.17) is 0 Å². The number of rotatable bonds is 2. The van der Waals surface area contributed by atoms with E-state index in [9.17, 15) is 14.4 Å². The number of nitrogens with zero attached hydrogens (tertiary/aromatic N) is 4. The molecule has 0 aliphatic carbocycles. The first-order valence-electron chi connectivity index (χ1n) is 8.75. The van der Waals surface area contributed by atoms with Gasteiger partial charge in [0.15, 0.2) is 0 Å². The standard InChI is InChI=1S/C19H18N4O3/c24-17(22-9-3-1-2-4-10-22)13-5-7-14(8-6-13)23-18(25)15-11-20-12-21-16(15)19(23)26/h5-8,11-12H,1-4,9-10H2. The zero-order valence-corrected chi connectivity index (χ0v) is 14.2. The Bertz CT molecular complexity index is 836. The van der Waals surface area contributed by atoms with Gasteiger partial charge in [0, 0.05) is 24.8 Å². The number of hydrogen-bond donors (Lipinski definition) is 0. The molecule has 2 aliphatic rings. The van der Waals surface area contributed by atoms with E-state index in [1.807, 2.05) is 4.90 Å². The fourth-order valence-electron chi connectivity index (χ4n) is 3.42. The molecular weight excluding hydrogens is 332 g/mol. The third-order valence-corrected chi connectivity index (χ3v) is 4.82. The molecule has 0 saturated carbocycles. The van der Waals surface area contributed by atoms with Gasteiger partial charge in [-0.05, 0) is 37.1 Å². The van der Waals surface area contributed by atoms with Gasteiger partial charge in [0.05, 0.1) is 11.3 Å². The molecule has 7 heteroatoms. The van der Waals surface area contributed by atoms with Crippen LogP contribution in [0.1, 0.15) is 56.9 Å². The van der Waals surface area contributed by atoms with Crippen molar-refractivity contribution in [1.82, 2.24) is 14.9 Å². The lowest BCUT2D eigenvalue weighted by Crippen LogP contribution is -2.32. The van der Waals surface area contributed by atoms with Crippen molar-refractivity contribution >= 4 is 23.4 Å². The maximum absolute atomic E-state index is 12.7. The summed E-state index contributed by atoms with van der Waals surface area (Å²) in [6.07, 6.45) is 6.97. The van der Waals surface area contributed by atoms with E-state index < -0.39 is 11.8 Å². The summed E-state index contributed by atoms with van der Waals surface area (Å²) >= 11 is 0. The highest BCUT2D eigenvalue weighted by molar-refractivity contribution is 6.33. The van der Waals surface area contributed by atoms with Crippen molar-refractivity contribution in [3.63, 3.8) is 0 Å². The van der Waals surface area contributed by atoms with Crippen LogP contribution < -0.4 is 4.90 Å². The van der Waals surface area contributed by atoms with Gasteiger partial charge < -0.3 is 4.90 Å². The first kappa shape index (κ1) is 16.4. The van der Waals surface area contributed by atoms with Crippen LogP contribution in [0.15, 0.2) is 36.8 Å². The Kier molecular flexibility index (Phi) is 4.20. The molecule has 3 heterocycles. The predicted octanol–water partition coefficient (Wildman–Crippen LogP) is 2.29. The molecule has 2 aliphatic heterocycles. The average molecular weight is 350 g/mol. The Morgan fingerprint density at radius 1 is 0.923 bits per heavy atom. The number of benzene rings is 1. The van der Waals surface area contributed by atoms with Crippen LogP contribution in [0.5, 0.6) is 0 Å². The van der Waals surface area contributed by atoms with Gasteiger partial charge in [-0.25, -0.2) is 14.9 Å². The largest absolute Gasteiger partial charge is 0.339 e. The summed E-state index contributed by atoms with van der Waals surface area (Å²) in [4.78, 5) is 48.2. The molecule has 1 aromatic heterocycles. The lowest BCUT2D eigenvalue weighted by molar-refractivity contribution is 0.0761. The first-order chi connectivity index (χ1) is 12.7. The molecule has 0 unspecified atom stereocenters. The fraction of sp³-hybridized carbons (Fsp3) is 0.316. The van der Waals surface area contributed by atoms with Gasteiger partial charge in [0.2, 0.25) is 0 Å². The summed E-state index contributed by atoms with van der Waals surface area (Å²) in [6, 6.07) is 6.58. The number of fused-ring (bicyclic) bond motifs is 1. The molecule has 1 saturated heterocycles. The van der Waals surface area contributed by atoms with Gasteiger partial charge in [0.25, 0.3) is 17.7 Å². The van der Waals surface area contributed by atoms with Gasteiger partial charge in [-0.15, -0.1) is 0 Å². The van der Waals surface area contributed by atoms with Crippen LogP contribution >= 0.6 is 0 Å². The number of carbonyl (C=O) groups is 3. The number of carbonyl (C=O) groups excluding carboxylic acids is 3. The highest BCUT2D eigenvalue weighted by Gasteiger charge is 2.38. The van der Waals surface area contributed by atoms with Crippen molar-refractivity contribution in [2.45, 2.75) is 25.7 Å². The highest BCUT2D eigenvalue weighted by Crippen LogP contribution is 2.27. The second-order valence-electron chi connectivity index (χ2n) is 6.48. The van der Waals surface area contributed by atoms with E-state index in [2.05, 4.69) is 9.97 Å². The Morgan fingerprint density at radius 3 is 2.27 bits per heavy atom. The van der Waals surface area contributed by atoms with Crippen LogP contribution in [0.2, 0.25) is 0 Å². The van der Waals surface area contributed by atoms with E-state index >= 15 is 0 Å². The summed E-state index contributed by atoms with van der Waals surface area (Å²) < 4.78 is 0.